The Morgan fingerprint density at radius 1 is 0.333 bits per heavy atom. The summed E-state index contributed by atoms with van der Waals surface area (Å²) in [5.41, 5.74) is 7.33. The fourth-order valence-electron chi connectivity index (χ4n) is 9.12. The molecular weight excluding hydrogens is 731 g/mol. The van der Waals surface area contributed by atoms with E-state index < -0.39 is 0 Å². The van der Waals surface area contributed by atoms with Crippen molar-refractivity contribution in [3.8, 4) is 62.5 Å². The summed E-state index contributed by atoms with van der Waals surface area (Å²) in [4.78, 5) is 20.1. The molecule has 2 heterocycles. The molecule has 0 fully saturated rings. The minimum atomic E-state index is 0.571. The molecule has 276 valence electrons. The second-order valence-electron chi connectivity index (χ2n) is 15.4. The molecule has 0 atom stereocenters. The minimum absolute atomic E-state index is 0.571. The number of nitrogens with zero attached hydrogens (tertiary/aromatic N) is 5. The molecule has 0 aliphatic heterocycles. The van der Waals surface area contributed by atoms with Crippen molar-refractivity contribution in [1.29, 1.82) is 5.26 Å². The molecular formula is C55H31N5. The van der Waals surface area contributed by atoms with E-state index in [9.17, 15) is 5.26 Å². The van der Waals surface area contributed by atoms with E-state index in [1.807, 2.05) is 54.7 Å². The monoisotopic (exact) mass is 761 g/mol. The van der Waals surface area contributed by atoms with E-state index in [1.165, 1.54) is 53.9 Å². The zero-order valence-corrected chi connectivity index (χ0v) is 32.1. The zero-order chi connectivity index (χ0) is 39.7. The molecule has 60 heavy (non-hydrogen) atoms. The van der Waals surface area contributed by atoms with E-state index in [1.54, 1.807) is 6.20 Å². The Morgan fingerprint density at radius 3 is 1.35 bits per heavy atom. The second kappa shape index (κ2) is 13.4. The highest BCUT2D eigenvalue weighted by molar-refractivity contribution is 6.37. The minimum Gasteiger partial charge on any atom is -0.264 e. The van der Waals surface area contributed by atoms with Gasteiger partial charge in [-0.2, -0.15) is 5.26 Å². The highest BCUT2D eigenvalue weighted by Gasteiger charge is 2.19. The number of pyridine rings is 1. The molecule has 12 aromatic rings. The summed E-state index contributed by atoms with van der Waals surface area (Å²) in [6.45, 7) is 0. The number of aromatic nitrogens is 4. The largest absolute Gasteiger partial charge is 0.264 e. The Balaban J connectivity index is 1.15. The lowest BCUT2D eigenvalue weighted by Gasteiger charge is -2.17. The highest BCUT2D eigenvalue weighted by Crippen LogP contribution is 2.44. The summed E-state index contributed by atoms with van der Waals surface area (Å²) in [6, 6.07) is 64.0. The van der Waals surface area contributed by atoms with E-state index in [4.69, 9.17) is 15.0 Å². The predicted molar refractivity (Wildman–Crippen MR) is 246 cm³/mol. The van der Waals surface area contributed by atoms with Crippen LogP contribution in [0.3, 0.4) is 0 Å². The fourth-order valence-corrected chi connectivity index (χ4v) is 9.12. The molecule has 0 aliphatic carbocycles. The summed E-state index contributed by atoms with van der Waals surface area (Å²) in [5.74, 6) is 1.74. The third-order valence-corrected chi connectivity index (χ3v) is 11.9. The SMILES string of the molecule is N#Cc1ccc(-c2cccc(-c3nc(-c4cccc(-c5cccnc5)c4)nc(-c4cc5ccc6cccc7c8cccc9ccc%10cccc(c(c4)c5c67)c%10c98)n3)c2)cc1. The van der Waals surface area contributed by atoms with Crippen molar-refractivity contribution in [1.82, 2.24) is 19.9 Å². The average molecular weight is 762 g/mol. The number of rotatable bonds is 5. The van der Waals surface area contributed by atoms with Gasteiger partial charge < -0.3 is 0 Å². The number of hydrogen-bond acceptors (Lipinski definition) is 5. The number of benzene rings is 9. The summed E-state index contributed by atoms with van der Waals surface area (Å²) in [5, 5.41) is 24.0. The molecule has 0 saturated heterocycles. The van der Waals surface area contributed by atoms with Gasteiger partial charge in [0.2, 0.25) is 0 Å². The van der Waals surface area contributed by atoms with Gasteiger partial charge in [0, 0.05) is 34.6 Å². The van der Waals surface area contributed by atoms with Crippen LogP contribution in [0.1, 0.15) is 5.56 Å². The average Bonchev–Trinajstić information content (AvgIpc) is 3.32. The van der Waals surface area contributed by atoms with Gasteiger partial charge in [-0.15, -0.1) is 0 Å². The molecule has 5 nitrogen and oxygen atoms in total. The standard InChI is InChI=1S/C55H31N5/c56-31-33-18-20-34(21-19-33)38-10-1-12-41(27-38)53-58-54(42-13-2-11-39(28-42)43-14-6-26-57-32-43)60-55(59-53)44-29-40-25-24-37-8-4-16-46-45-15-3-7-35-22-23-36-9-5-17-47(51(36)49(35)45)48(30-44)52(40)50(37)46/h1-30,32H. The van der Waals surface area contributed by atoms with Gasteiger partial charge in [-0.3, -0.25) is 4.98 Å². The second-order valence-corrected chi connectivity index (χ2v) is 15.4. The lowest BCUT2D eigenvalue weighted by molar-refractivity contribution is 1.07. The maximum Gasteiger partial charge on any atom is 0.164 e. The molecule has 12 rings (SSSR count). The first-order chi connectivity index (χ1) is 29.7. The van der Waals surface area contributed by atoms with Crippen LogP contribution in [-0.2, 0) is 0 Å². The summed E-state index contributed by atoms with van der Waals surface area (Å²) in [6.07, 6.45) is 3.66. The lowest BCUT2D eigenvalue weighted by Crippen LogP contribution is -2.01. The van der Waals surface area contributed by atoms with E-state index in [0.717, 1.165) is 49.7 Å². The molecule has 0 radical (unpaired) electrons. The lowest BCUT2D eigenvalue weighted by atomic mass is 9.87. The van der Waals surface area contributed by atoms with Crippen LogP contribution >= 0.6 is 0 Å². The van der Waals surface area contributed by atoms with Gasteiger partial charge >= 0.3 is 0 Å². The fraction of sp³-hybridized carbons (Fsp3) is 0. The number of hydrogen-bond donors (Lipinski definition) is 0. The maximum absolute atomic E-state index is 9.42. The molecule has 2 aromatic heterocycles. The van der Waals surface area contributed by atoms with Crippen molar-refractivity contribution in [3.05, 3.63) is 194 Å². The number of nitriles is 1. The summed E-state index contributed by atoms with van der Waals surface area (Å²) >= 11 is 0. The smallest absolute Gasteiger partial charge is 0.164 e. The molecule has 0 bridgehead atoms. The van der Waals surface area contributed by atoms with Crippen molar-refractivity contribution in [2.75, 3.05) is 0 Å². The molecule has 0 spiro atoms. The van der Waals surface area contributed by atoms with Crippen molar-refractivity contribution < 1.29 is 0 Å². The normalized spacial score (nSPS) is 11.7. The van der Waals surface area contributed by atoms with Gasteiger partial charge in [0.25, 0.3) is 0 Å². The number of fused-ring (bicyclic) bond motifs is 2. The van der Waals surface area contributed by atoms with E-state index in [-0.39, 0.29) is 0 Å². The Bertz CT molecular complexity index is 3710. The van der Waals surface area contributed by atoms with Crippen LogP contribution in [0.4, 0.5) is 0 Å². The van der Waals surface area contributed by atoms with E-state index in [0.29, 0.717) is 23.0 Å². The highest BCUT2D eigenvalue weighted by atomic mass is 15.0. The van der Waals surface area contributed by atoms with Gasteiger partial charge in [-0.25, -0.2) is 15.0 Å². The van der Waals surface area contributed by atoms with Gasteiger partial charge in [-0.1, -0.05) is 133 Å². The van der Waals surface area contributed by atoms with Crippen LogP contribution in [0.2, 0.25) is 0 Å². The molecule has 0 amide bonds. The van der Waals surface area contributed by atoms with E-state index >= 15 is 0 Å². The Hall–Kier alpha value is -8.33. The van der Waals surface area contributed by atoms with Gasteiger partial charge in [0.1, 0.15) is 0 Å². The zero-order valence-electron chi connectivity index (χ0n) is 32.1. The molecule has 0 aliphatic rings. The van der Waals surface area contributed by atoms with Gasteiger partial charge in [0.05, 0.1) is 11.6 Å². The molecule has 5 heteroatoms. The van der Waals surface area contributed by atoms with Crippen LogP contribution < -0.4 is 0 Å². The maximum atomic E-state index is 9.42. The summed E-state index contributed by atoms with van der Waals surface area (Å²) < 4.78 is 0. The molecule has 10 aromatic carbocycles. The van der Waals surface area contributed by atoms with Crippen LogP contribution in [0.25, 0.3) is 121 Å². The summed E-state index contributed by atoms with van der Waals surface area (Å²) in [7, 11) is 0. The predicted octanol–water partition coefficient (Wildman–Crippen LogP) is 13.8. The topological polar surface area (TPSA) is 75.3 Å². The molecule has 0 saturated carbocycles. The van der Waals surface area contributed by atoms with E-state index in [2.05, 4.69) is 138 Å². The van der Waals surface area contributed by atoms with Crippen LogP contribution in [0.5, 0.6) is 0 Å². The third kappa shape index (κ3) is 5.40. The van der Waals surface area contributed by atoms with Crippen LogP contribution in [-0.4, -0.2) is 19.9 Å². The van der Waals surface area contributed by atoms with Crippen LogP contribution in [0.15, 0.2) is 188 Å². The van der Waals surface area contributed by atoms with Crippen molar-refractivity contribution in [2.45, 2.75) is 0 Å². The molecule has 0 N–H and O–H groups in total. The first kappa shape index (κ1) is 33.8. The van der Waals surface area contributed by atoms with Crippen molar-refractivity contribution >= 4 is 64.6 Å². The third-order valence-electron chi connectivity index (χ3n) is 11.9. The quantitative estimate of drug-likeness (QED) is 0.163. The Kier molecular flexibility index (Phi) is 7.53. The van der Waals surface area contributed by atoms with Crippen molar-refractivity contribution in [3.63, 3.8) is 0 Å². The van der Waals surface area contributed by atoms with Crippen molar-refractivity contribution in [2.24, 2.45) is 0 Å². The van der Waals surface area contributed by atoms with Gasteiger partial charge in [0.15, 0.2) is 17.5 Å². The Morgan fingerprint density at radius 2 is 0.800 bits per heavy atom. The van der Waals surface area contributed by atoms with Crippen LogP contribution in [0, 0.1) is 11.3 Å². The Labute approximate surface area is 344 Å². The first-order valence-electron chi connectivity index (χ1n) is 20.0. The first-order valence-corrected chi connectivity index (χ1v) is 20.0. The molecule has 0 unspecified atom stereocenters. The van der Waals surface area contributed by atoms with Gasteiger partial charge in [-0.05, 0) is 124 Å².